The van der Waals surface area contributed by atoms with Crippen molar-refractivity contribution in [1.29, 1.82) is 0 Å². The lowest BCUT2D eigenvalue weighted by atomic mass is 9.83. The van der Waals surface area contributed by atoms with Gasteiger partial charge in [-0.1, -0.05) is 24.3 Å². The monoisotopic (exact) mass is 522 g/mol. The van der Waals surface area contributed by atoms with Crippen LogP contribution in [0.2, 0.25) is 0 Å². The Labute approximate surface area is 221 Å². The Morgan fingerprint density at radius 3 is 2.11 bits per heavy atom. The third-order valence-electron chi connectivity index (χ3n) is 6.70. The number of piperidine rings is 1. The fraction of sp³-hybridized carbons (Fsp3) is 0.310. The minimum Gasteiger partial charge on any atom is -0.497 e. The lowest BCUT2D eigenvalue weighted by Gasteiger charge is -2.41. The van der Waals surface area contributed by atoms with Crippen LogP contribution in [0.25, 0.3) is 0 Å². The van der Waals surface area contributed by atoms with E-state index in [9.17, 15) is 14.0 Å². The van der Waals surface area contributed by atoms with Gasteiger partial charge in [-0.3, -0.25) is 9.59 Å². The van der Waals surface area contributed by atoms with Gasteiger partial charge in [0.25, 0.3) is 0 Å². The number of rotatable bonds is 9. The molecule has 1 aliphatic rings. The van der Waals surface area contributed by atoms with E-state index in [1.54, 1.807) is 48.4 Å². The summed E-state index contributed by atoms with van der Waals surface area (Å²) in [6.07, 6.45) is 0.545. The lowest BCUT2D eigenvalue weighted by Crippen LogP contribution is -2.48. The zero-order valence-electron chi connectivity index (χ0n) is 21.8. The molecule has 8 nitrogen and oxygen atoms in total. The second-order valence-corrected chi connectivity index (χ2v) is 8.85. The van der Waals surface area contributed by atoms with E-state index in [0.29, 0.717) is 35.1 Å². The highest BCUT2D eigenvalue weighted by Crippen LogP contribution is 2.46. The van der Waals surface area contributed by atoms with Crippen molar-refractivity contribution in [2.24, 2.45) is 5.92 Å². The Kier molecular flexibility index (Phi) is 8.35. The van der Waals surface area contributed by atoms with Crippen molar-refractivity contribution in [3.8, 4) is 23.0 Å². The number of hydrogen-bond acceptors (Lipinski definition) is 6. The van der Waals surface area contributed by atoms with E-state index in [1.807, 2.05) is 12.1 Å². The van der Waals surface area contributed by atoms with Crippen molar-refractivity contribution in [3.05, 3.63) is 77.6 Å². The van der Waals surface area contributed by atoms with Gasteiger partial charge in [-0.2, -0.15) is 0 Å². The molecule has 3 aromatic rings. The summed E-state index contributed by atoms with van der Waals surface area (Å²) in [6.45, 7) is 0.239. The Balaban J connectivity index is 1.75. The largest absolute Gasteiger partial charge is 0.497 e. The fourth-order valence-corrected chi connectivity index (χ4v) is 4.78. The standard InChI is InChI=1S/C29H31FN2O6/c1-35-22-11-7-19(8-12-22)27-23(29(34)31-17-18-5-9-20(30)10-6-18)13-14-26(33)32(27)21-15-24(36-2)28(38-4)25(16-21)37-3/h5-12,15-16,23,27H,13-14,17H2,1-4H3,(H,31,34). The highest BCUT2D eigenvalue weighted by molar-refractivity contribution is 5.98. The van der Waals surface area contributed by atoms with Crippen molar-refractivity contribution in [1.82, 2.24) is 5.32 Å². The van der Waals surface area contributed by atoms with Gasteiger partial charge in [-0.15, -0.1) is 0 Å². The zero-order valence-corrected chi connectivity index (χ0v) is 21.8. The van der Waals surface area contributed by atoms with Gasteiger partial charge in [-0.05, 0) is 41.8 Å². The van der Waals surface area contributed by atoms with E-state index in [1.165, 1.54) is 33.5 Å². The number of nitrogens with one attached hydrogen (secondary N) is 1. The number of carbonyl (C=O) groups excluding carboxylic acids is 2. The topological polar surface area (TPSA) is 86.3 Å². The first-order valence-electron chi connectivity index (χ1n) is 12.2. The Morgan fingerprint density at radius 1 is 0.921 bits per heavy atom. The summed E-state index contributed by atoms with van der Waals surface area (Å²) in [6, 6.07) is 16.1. The molecule has 0 bridgehead atoms. The average molecular weight is 523 g/mol. The number of hydrogen-bond donors (Lipinski definition) is 1. The van der Waals surface area contributed by atoms with Crippen molar-refractivity contribution in [2.45, 2.75) is 25.4 Å². The van der Waals surface area contributed by atoms with Crippen LogP contribution in [0.4, 0.5) is 10.1 Å². The van der Waals surface area contributed by atoms with Gasteiger partial charge in [-0.25, -0.2) is 4.39 Å². The molecule has 1 heterocycles. The van der Waals surface area contributed by atoms with Crippen LogP contribution in [0, 0.1) is 11.7 Å². The van der Waals surface area contributed by atoms with Gasteiger partial charge in [0.15, 0.2) is 11.5 Å². The predicted molar refractivity (Wildman–Crippen MR) is 140 cm³/mol. The Bertz CT molecular complexity index is 1250. The highest BCUT2D eigenvalue weighted by atomic mass is 19.1. The van der Waals surface area contributed by atoms with E-state index in [0.717, 1.165) is 11.1 Å². The molecule has 2 unspecified atom stereocenters. The van der Waals surface area contributed by atoms with Crippen molar-refractivity contribution in [3.63, 3.8) is 0 Å². The number of halogens is 1. The Morgan fingerprint density at radius 2 is 1.55 bits per heavy atom. The molecule has 0 saturated carbocycles. The van der Waals surface area contributed by atoms with E-state index in [-0.39, 0.29) is 30.6 Å². The molecule has 3 aromatic carbocycles. The molecule has 0 radical (unpaired) electrons. The molecule has 2 amide bonds. The summed E-state index contributed by atoms with van der Waals surface area (Å²) in [5, 5.41) is 2.97. The van der Waals surface area contributed by atoms with Crippen LogP contribution < -0.4 is 29.2 Å². The molecule has 1 fully saturated rings. The summed E-state index contributed by atoms with van der Waals surface area (Å²) in [4.78, 5) is 28.6. The van der Waals surface area contributed by atoms with Crippen molar-refractivity contribution < 1.29 is 32.9 Å². The molecule has 38 heavy (non-hydrogen) atoms. The first kappa shape index (κ1) is 26.8. The van der Waals surface area contributed by atoms with Crippen molar-refractivity contribution in [2.75, 3.05) is 33.3 Å². The van der Waals surface area contributed by atoms with Gasteiger partial charge in [0.1, 0.15) is 11.6 Å². The van der Waals surface area contributed by atoms with Crippen LogP contribution in [-0.2, 0) is 16.1 Å². The van der Waals surface area contributed by atoms with Gasteiger partial charge in [0.2, 0.25) is 17.6 Å². The van der Waals surface area contributed by atoms with Crippen LogP contribution in [0.3, 0.4) is 0 Å². The molecule has 2 atom stereocenters. The fourth-order valence-electron chi connectivity index (χ4n) is 4.78. The number of ether oxygens (including phenoxy) is 4. The van der Waals surface area contributed by atoms with Crippen molar-refractivity contribution >= 4 is 17.5 Å². The third-order valence-corrected chi connectivity index (χ3v) is 6.70. The first-order chi connectivity index (χ1) is 18.4. The number of anilines is 1. The summed E-state index contributed by atoms with van der Waals surface area (Å²) >= 11 is 0. The third kappa shape index (κ3) is 5.51. The minimum atomic E-state index is -0.613. The second-order valence-electron chi connectivity index (χ2n) is 8.85. The number of carbonyl (C=O) groups is 2. The smallest absolute Gasteiger partial charge is 0.227 e. The molecule has 0 aliphatic carbocycles. The van der Waals surface area contributed by atoms with E-state index < -0.39 is 12.0 Å². The molecule has 1 saturated heterocycles. The van der Waals surface area contributed by atoms with Crippen LogP contribution in [-0.4, -0.2) is 40.3 Å². The maximum atomic E-state index is 13.6. The number of methoxy groups -OCH3 is 4. The lowest BCUT2D eigenvalue weighted by molar-refractivity contribution is -0.129. The summed E-state index contributed by atoms with van der Waals surface area (Å²) in [7, 11) is 6.10. The number of amides is 2. The SMILES string of the molecule is COc1ccc(C2C(C(=O)NCc3ccc(F)cc3)CCC(=O)N2c2cc(OC)c(OC)c(OC)c2)cc1. The maximum absolute atomic E-state index is 13.6. The van der Waals surface area contributed by atoms with Gasteiger partial charge >= 0.3 is 0 Å². The molecule has 200 valence electrons. The zero-order chi connectivity index (χ0) is 27.2. The number of nitrogens with zero attached hydrogens (tertiary/aromatic N) is 1. The summed E-state index contributed by atoms with van der Waals surface area (Å²) in [5.74, 6) is 0.609. The second kappa shape index (κ2) is 11.9. The summed E-state index contributed by atoms with van der Waals surface area (Å²) < 4.78 is 35.1. The van der Waals surface area contributed by atoms with Crippen LogP contribution >= 0.6 is 0 Å². The maximum Gasteiger partial charge on any atom is 0.227 e. The van der Waals surface area contributed by atoms with Gasteiger partial charge < -0.3 is 29.2 Å². The highest BCUT2D eigenvalue weighted by Gasteiger charge is 2.42. The van der Waals surface area contributed by atoms with Gasteiger partial charge in [0, 0.05) is 25.1 Å². The Hall–Kier alpha value is -4.27. The van der Waals surface area contributed by atoms with Crippen LogP contribution in [0.15, 0.2) is 60.7 Å². The van der Waals surface area contributed by atoms with Crippen LogP contribution in [0.5, 0.6) is 23.0 Å². The quantitative estimate of drug-likeness (QED) is 0.440. The summed E-state index contributed by atoms with van der Waals surface area (Å²) in [5.41, 5.74) is 2.06. The molecule has 0 aromatic heterocycles. The molecular weight excluding hydrogens is 491 g/mol. The molecular formula is C29H31FN2O6. The normalized spacial score (nSPS) is 17.1. The average Bonchev–Trinajstić information content (AvgIpc) is 2.95. The molecule has 1 aliphatic heterocycles. The minimum absolute atomic E-state index is 0.136. The van der Waals surface area contributed by atoms with Gasteiger partial charge in [0.05, 0.1) is 46.1 Å². The molecule has 0 spiro atoms. The molecule has 1 N–H and O–H groups in total. The van der Waals surface area contributed by atoms with E-state index in [4.69, 9.17) is 18.9 Å². The number of benzene rings is 3. The van der Waals surface area contributed by atoms with E-state index >= 15 is 0 Å². The molecule has 4 rings (SSSR count). The van der Waals surface area contributed by atoms with Crippen LogP contribution in [0.1, 0.15) is 30.0 Å². The van der Waals surface area contributed by atoms with E-state index in [2.05, 4.69) is 5.32 Å². The molecule has 9 heteroatoms. The first-order valence-corrected chi connectivity index (χ1v) is 12.2. The predicted octanol–water partition coefficient (Wildman–Crippen LogP) is 4.66.